The lowest BCUT2D eigenvalue weighted by molar-refractivity contribution is 0.593. The van der Waals surface area contributed by atoms with Gasteiger partial charge in [-0.15, -0.1) is 0 Å². The molecule has 0 aromatic carbocycles. The van der Waals surface area contributed by atoms with Crippen LogP contribution >= 0.6 is 0 Å². The normalized spacial score (nSPS) is 11.1. The second-order valence-corrected chi connectivity index (χ2v) is 2.73. The molecule has 0 bridgehead atoms. The summed E-state index contributed by atoms with van der Waals surface area (Å²) >= 11 is 0. The molecule has 7 heavy (non-hydrogen) atoms. The zero-order valence-corrected chi connectivity index (χ0v) is 5.97. The average molecular weight is 119 g/mol. The van der Waals surface area contributed by atoms with Crippen LogP contribution in [-0.2, 0) is 0 Å². The van der Waals surface area contributed by atoms with Crippen LogP contribution in [-0.4, -0.2) is 21.1 Å². The van der Waals surface area contributed by atoms with E-state index in [0.29, 0.717) is 0 Å². The van der Waals surface area contributed by atoms with E-state index in [1.54, 1.807) is 0 Å². The summed E-state index contributed by atoms with van der Waals surface area (Å²) in [4.78, 5) is 8.39. The highest BCUT2D eigenvalue weighted by atomic mass is 28.2. The van der Waals surface area contributed by atoms with Crippen LogP contribution in [0.2, 0.25) is 6.04 Å². The number of rotatable bonds is 4. The van der Waals surface area contributed by atoms with Crippen molar-refractivity contribution in [3.8, 4) is 0 Å². The van der Waals surface area contributed by atoms with E-state index in [0.717, 1.165) is 25.4 Å². The van der Waals surface area contributed by atoms with Gasteiger partial charge in [-0.1, -0.05) is 6.42 Å². The fraction of sp³-hybridized carbons (Fsp3) is 1.00. The third-order valence-corrected chi connectivity index (χ3v) is 1.68. The Bertz CT molecular complexity index is 30.9. The number of unbranched alkanes of at least 4 members (excludes halogenated alkanes) is 1. The monoisotopic (exact) mass is 119 g/mol. The molecule has 0 rings (SSSR count). The van der Waals surface area contributed by atoms with Gasteiger partial charge in [-0.2, -0.15) is 0 Å². The van der Waals surface area contributed by atoms with Crippen LogP contribution in [0.25, 0.3) is 0 Å². The fourth-order valence-corrected chi connectivity index (χ4v) is 1.01. The van der Waals surface area contributed by atoms with Crippen LogP contribution in [0.4, 0.5) is 0 Å². The Balaban J connectivity index is 2.45. The Kier molecular flexibility index (Phi) is 6.26. The quantitative estimate of drug-likeness (QED) is 0.377. The minimum Gasteiger partial charge on any atom is -0.438 e. The van der Waals surface area contributed by atoms with Gasteiger partial charge in [0.15, 0.2) is 9.76 Å². The maximum atomic E-state index is 8.39. The van der Waals surface area contributed by atoms with E-state index in [1.165, 1.54) is 0 Å². The topological polar surface area (TPSA) is 46.2 Å². The third kappa shape index (κ3) is 6.14. The second-order valence-electron chi connectivity index (χ2n) is 1.57. The van der Waals surface area contributed by atoms with E-state index in [2.05, 4.69) is 0 Å². The Labute approximate surface area is 46.7 Å². The highest BCUT2D eigenvalue weighted by Crippen LogP contribution is 1.89. The first-order chi connectivity index (χ1) is 3.41. The SMILES string of the molecule is NCCCC[SiH2]O. The largest absolute Gasteiger partial charge is 0.438 e. The van der Waals surface area contributed by atoms with E-state index in [9.17, 15) is 0 Å². The van der Waals surface area contributed by atoms with Crippen LogP contribution in [0.15, 0.2) is 0 Å². The molecule has 0 unspecified atom stereocenters. The highest BCUT2D eigenvalue weighted by Gasteiger charge is 1.82. The molecule has 0 aliphatic heterocycles. The number of hydrogen-bond acceptors (Lipinski definition) is 2. The van der Waals surface area contributed by atoms with Crippen molar-refractivity contribution in [3.05, 3.63) is 0 Å². The molecule has 0 aromatic rings. The van der Waals surface area contributed by atoms with Gasteiger partial charge in [0.05, 0.1) is 0 Å². The Hall–Kier alpha value is 0.137. The van der Waals surface area contributed by atoms with Gasteiger partial charge in [0.2, 0.25) is 0 Å². The highest BCUT2D eigenvalue weighted by molar-refractivity contribution is 6.25. The van der Waals surface area contributed by atoms with Gasteiger partial charge in [0.25, 0.3) is 0 Å². The van der Waals surface area contributed by atoms with Gasteiger partial charge < -0.3 is 10.5 Å². The first-order valence-electron chi connectivity index (χ1n) is 2.72. The van der Waals surface area contributed by atoms with Gasteiger partial charge in [0.1, 0.15) is 0 Å². The lowest BCUT2D eigenvalue weighted by atomic mass is 10.3. The fourth-order valence-electron chi connectivity index (χ4n) is 0.433. The maximum Gasteiger partial charge on any atom is 0.156 e. The van der Waals surface area contributed by atoms with Gasteiger partial charge >= 0.3 is 0 Å². The first kappa shape index (κ1) is 7.14. The summed E-state index contributed by atoms with van der Waals surface area (Å²) in [5.41, 5.74) is 5.20. The molecule has 0 fully saturated rings. The summed E-state index contributed by atoms with van der Waals surface area (Å²) in [5, 5.41) is 0. The zero-order chi connectivity index (χ0) is 5.54. The van der Waals surface area contributed by atoms with Crippen molar-refractivity contribution < 1.29 is 4.80 Å². The van der Waals surface area contributed by atoms with Crippen LogP contribution in [0.5, 0.6) is 0 Å². The molecule has 0 radical (unpaired) electrons. The van der Waals surface area contributed by atoms with Crippen LogP contribution in [0.3, 0.4) is 0 Å². The molecule has 2 nitrogen and oxygen atoms in total. The van der Waals surface area contributed by atoms with Crippen molar-refractivity contribution in [2.75, 3.05) is 6.54 Å². The van der Waals surface area contributed by atoms with Crippen molar-refractivity contribution in [3.63, 3.8) is 0 Å². The van der Waals surface area contributed by atoms with Gasteiger partial charge in [-0.05, 0) is 19.0 Å². The van der Waals surface area contributed by atoms with Crippen LogP contribution < -0.4 is 5.73 Å². The standard InChI is InChI=1S/C4H13NOSi/c5-3-1-2-4-7-6/h6H,1-5,7H2. The van der Waals surface area contributed by atoms with E-state index < -0.39 is 9.76 Å². The molecular formula is C4H13NOSi. The van der Waals surface area contributed by atoms with Crippen molar-refractivity contribution in [2.24, 2.45) is 5.73 Å². The summed E-state index contributed by atoms with van der Waals surface area (Å²) in [6.45, 7) is 0.772. The molecule has 0 saturated carbocycles. The lowest BCUT2D eigenvalue weighted by Crippen LogP contribution is -1.98. The van der Waals surface area contributed by atoms with Crippen molar-refractivity contribution in [1.29, 1.82) is 0 Å². The minimum atomic E-state index is -0.662. The van der Waals surface area contributed by atoms with Gasteiger partial charge in [-0.25, -0.2) is 0 Å². The summed E-state index contributed by atoms with van der Waals surface area (Å²) in [6.07, 6.45) is 2.20. The molecule has 0 aromatic heterocycles. The summed E-state index contributed by atoms with van der Waals surface area (Å²) < 4.78 is 0. The predicted molar refractivity (Wildman–Crippen MR) is 33.9 cm³/mol. The molecular weight excluding hydrogens is 106 g/mol. The Morgan fingerprint density at radius 3 is 2.57 bits per heavy atom. The summed E-state index contributed by atoms with van der Waals surface area (Å²) in [7, 11) is -0.662. The smallest absolute Gasteiger partial charge is 0.156 e. The predicted octanol–water partition coefficient (Wildman–Crippen LogP) is -0.780. The molecule has 0 aliphatic carbocycles. The minimum absolute atomic E-state index is 0.662. The van der Waals surface area contributed by atoms with Gasteiger partial charge in [0, 0.05) is 0 Å². The molecule has 0 aliphatic rings. The molecule has 0 heterocycles. The van der Waals surface area contributed by atoms with E-state index in [1.807, 2.05) is 0 Å². The molecule has 3 heteroatoms. The maximum absolute atomic E-state index is 8.39. The molecule has 3 N–H and O–H groups in total. The molecule has 0 amide bonds. The average Bonchev–Trinajstić information content (AvgIpc) is 1.69. The third-order valence-electron chi connectivity index (χ3n) is 0.862. The number of hydrogen-bond donors (Lipinski definition) is 2. The van der Waals surface area contributed by atoms with E-state index in [4.69, 9.17) is 10.5 Å². The molecule has 0 atom stereocenters. The zero-order valence-electron chi connectivity index (χ0n) is 4.56. The molecule has 44 valence electrons. The molecule has 0 saturated heterocycles. The van der Waals surface area contributed by atoms with Gasteiger partial charge in [-0.3, -0.25) is 0 Å². The Morgan fingerprint density at radius 2 is 2.14 bits per heavy atom. The molecule has 0 spiro atoms. The lowest BCUT2D eigenvalue weighted by Gasteiger charge is -1.89. The Morgan fingerprint density at radius 1 is 1.43 bits per heavy atom. The first-order valence-corrected chi connectivity index (χ1v) is 4.36. The van der Waals surface area contributed by atoms with E-state index in [-0.39, 0.29) is 0 Å². The van der Waals surface area contributed by atoms with Crippen molar-refractivity contribution in [1.82, 2.24) is 0 Å². The van der Waals surface area contributed by atoms with Crippen LogP contribution in [0.1, 0.15) is 12.8 Å². The van der Waals surface area contributed by atoms with Crippen LogP contribution in [0, 0.1) is 0 Å². The summed E-state index contributed by atoms with van der Waals surface area (Å²) in [5.74, 6) is 0. The second kappa shape index (κ2) is 6.14. The van der Waals surface area contributed by atoms with E-state index >= 15 is 0 Å². The summed E-state index contributed by atoms with van der Waals surface area (Å²) in [6, 6.07) is 1.04. The van der Waals surface area contributed by atoms with Crippen molar-refractivity contribution >= 4 is 9.76 Å². The number of nitrogens with two attached hydrogens (primary N) is 1. The van der Waals surface area contributed by atoms with Crippen molar-refractivity contribution in [2.45, 2.75) is 18.9 Å².